The molecule has 0 aliphatic rings. The molecule has 1 rings (SSSR count). The van der Waals surface area contributed by atoms with Gasteiger partial charge >= 0.3 is 6.18 Å². The molecule has 0 aromatic heterocycles. The Balaban J connectivity index is 3.16. The molecule has 0 radical (unpaired) electrons. The topological polar surface area (TPSA) is 46.2 Å². The third-order valence-corrected chi connectivity index (χ3v) is 6.14. The molecule has 0 atom stereocenters. The first-order valence-corrected chi connectivity index (χ1v) is 10.6. The number of halogens is 3. The van der Waals surface area contributed by atoms with Crippen LogP contribution in [-0.2, 0) is 10.0 Å². The second-order valence-electron chi connectivity index (χ2n) is 5.19. The van der Waals surface area contributed by atoms with E-state index in [1.165, 1.54) is 12.1 Å². The van der Waals surface area contributed by atoms with E-state index in [1.54, 1.807) is 16.9 Å². The van der Waals surface area contributed by atoms with Crippen LogP contribution >= 0.6 is 0 Å². The van der Waals surface area contributed by atoms with Crippen LogP contribution < -0.4 is 9.91 Å². The lowest BCUT2D eigenvalue weighted by molar-refractivity contribution is -0.121. The van der Waals surface area contributed by atoms with E-state index in [1.807, 2.05) is 19.6 Å². The van der Waals surface area contributed by atoms with Gasteiger partial charge in [0.05, 0.1) is 13.0 Å². The van der Waals surface area contributed by atoms with Crippen LogP contribution in [0.15, 0.2) is 29.2 Å². The summed E-state index contributed by atoms with van der Waals surface area (Å²) in [4.78, 5) is -0.0570. The summed E-state index contributed by atoms with van der Waals surface area (Å²) in [6, 6.07) is 6.20. The van der Waals surface area contributed by atoms with Crippen LogP contribution in [0.4, 0.5) is 13.2 Å². The van der Waals surface area contributed by atoms with Gasteiger partial charge in [0.25, 0.3) is 0 Å². The van der Waals surface area contributed by atoms with Gasteiger partial charge in [-0.15, -0.1) is 0 Å². The zero-order valence-electron chi connectivity index (χ0n) is 10.9. The molecule has 0 amide bonds. The Morgan fingerprint density at radius 2 is 1.68 bits per heavy atom. The Labute approximate surface area is 111 Å². The van der Waals surface area contributed by atoms with E-state index in [2.05, 4.69) is 0 Å². The molecule has 0 aliphatic heterocycles. The molecule has 19 heavy (non-hydrogen) atoms. The molecule has 0 saturated carbocycles. The summed E-state index contributed by atoms with van der Waals surface area (Å²) in [6.45, 7) is 4.25. The number of hydrogen-bond donors (Lipinski definition) is 1. The summed E-state index contributed by atoms with van der Waals surface area (Å²) in [5.41, 5.74) is 0. The van der Waals surface area contributed by atoms with Crippen molar-refractivity contribution >= 4 is 23.3 Å². The van der Waals surface area contributed by atoms with Gasteiger partial charge in [0, 0.05) is 0 Å². The van der Waals surface area contributed by atoms with Crippen LogP contribution in [0.25, 0.3) is 0 Å². The van der Waals surface area contributed by atoms with Crippen LogP contribution in [0, 0.1) is 0 Å². The fraction of sp³-hybridized carbons (Fsp3) is 0.455. The predicted molar refractivity (Wildman–Crippen MR) is 70.7 cm³/mol. The number of hydrogen-bond acceptors (Lipinski definition) is 2. The maximum absolute atomic E-state index is 12.1. The Hall–Kier alpha value is -0.863. The molecule has 0 spiro atoms. The fourth-order valence-electron chi connectivity index (χ4n) is 1.58. The molecule has 1 N–H and O–H groups in total. The molecule has 0 aliphatic carbocycles. The molecule has 0 bridgehead atoms. The second kappa shape index (κ2) is 5.26. The van der Waals surface area contributed by atoms with E-state index in [0.29, 0.717) is 5.19 Å². The molecule has 8 heteroatoms. The van der Waals surface area contributed by atoms with Gasteiger partial charge in [0.1, 0.15) is 6.54 Å². The van der Waals surface area contributed by atoms with E-state index < -0.39 is 30.8 Å². The maximum Gasteiger partial charge on any atom is 0.402 e. The van der Waals surface area contributed by atoms with Crippen molar-refractivity contribution in [3.05, 3.63) is 24.3 Å². The number of alkyl halides is 3. The lowest BCUT2D eigenvalue weighted by Gasteiger charge is -2.21. The van der Waals surface area contributed by atoms with Gasteiger partial charge in [-0.1, -0.05) is 37.8 Å². The minimum absolute atomic E-state index is 0.0570. The zero-order chi connectivity index (χ0) is 14.9. The standard InChI is InChI=1S/C11H16F3NO2SSi/c1-19(2,3)10-7-5-4-6-9(10)18(16,17)15-8-11(12,13)14/h4-7,15H,8H2,1-3H3. The van der Waals surface area contributed by atoms with Crippen LogP contribution in [0.3, 0.4) is 0 Å². The first-order valence-electron chi connectivity index (χ1n) is 5.59. The highest BCUT2D eigenvalue weighted by Gasteiger charge is 2.32. The molecular formula is C11H16F3NO2SSi. The van der Waals surface area contributed by atoms with Crippen LogP contribution in [0.1, 0.15) is 0 Å². The van der Waals surface area contributed by atoms with E-state index in [9.17, 15) is 21.6 Å². The Bertz CT molecular complexity index is 550. The quantitative estimate of drug-likeness (QED) is 0.865. The van der Waals surface area contributed by atoms with Gasteiger partial charge in [0.15, 0.2) is 0 Å². The molecule has 0 heterocycles. The van der Waals surface area contributed by atoms with E-state index in [-0.39, 0.29) is 4.90 Å². The largest absolute Gasteiger partial charge is 0.402 e. The minimum Gasteiger partial charge on any atom is -0.207 e. The summed E-state index contributed by atoms with van der Waals surface area (Å²) >= 11 is 0. The highest BCUT2D eigenvalue weighted by molar-refractivity contribution is 7.89. The van der Waals surface area contributed by atoms with Crippen molar-refractivity contribution in [2.45, 2.75) is 30.7 Å². The first-order chi connectivity index (χ1) is 8.43. The SMILES string of the molecule is C[Si](C)(C)c1ccccc1S(=O)(=O)NCC(F)(F)F. The van der Waals surface area contributed by atoms with Crippen molar-refractivity contribution < 1.29 is 21.6 Å². The molecule has 0 unspecified atom stereocenters. The van der Waals surface area contributed by atoms with Gasteiger partial charge in [-0.25, -0.2) is 13.1 Å². The maximum atomic E-state index is 12.1. The fourth-order valence-corrected chi connectivity index (χ4v) is 5.44. The monoisotopic (exact) mass is 311 g/mol. The smallest absolute Gasteiger partial charge is 0.207 e. The van der Waals surface area contributed by atoms with Crippen LogP contribution in [-0.4, -0.2) is 29.2 Å². The number of benzene rings is 1. The summed E-state index contributed by atoms with van der Waals surface area (Å²) in [7, 11) is -6.11. The van der Waals surface area contributed by atoms with Crippen LogP contribution in [0.2, 0.25) is 19.6 Å². The van der Waals surface area contributed by atoms with Gasteiger partial charge in [-0.2, -0.15) is 13.2 Å². The Morgan fingerprint density at radius 1 is 1.16 bits per heavy atom. The molecule has 1 aromatic carbocycles. The van der Waals surface area contributed by atoms with E-state index in [4.69, 9.17) is 0 Å². The highest BCUT2D eigenvalue weighted by atomic mass is 32.2. The zero-order valence-corrected chi connectivity index (χ0v) is 12.7. The van der Waals surface area contributed by atoms with Gasteiger partial charge < -0.3 is 0 Å². The normalized spacial score (nSPS) is 13.6. The molecule has 0 fully saturated rings. The minimum atomic E-state index is -4.57. The van der Waals surface area contributed by atoms with Crippen molar-refractivity contribution in [3.63, 3.8) is 0 Å². The van der Waals surface area contributed by atoms with Crippen molar-refractivity contribution in [2.75, 3.05) is 6.54 Å². The molecule has 0 saturated heterocycles. The second-order valence-corrected chi connectivity index (χ2v) is 12.0. The Kier molecular flexibility index (Phi) is 4.48. The first kappa shape index (κ1) is 16.2. The average molecular weight is 311 g/mol. The summed E-state index contributed by atoms with van der Waals surface area (Å²) in [5.74, 6) is 0. The van der Waals surface area contributed by atoms with Gasteiger partial charge in [-0.05, 0) is 11.3 Å². The molecule has 108 valence electrons. The molecule has 3 nitrogen and oxygen atoms in total. The van der Waals surface area contributed by atoms with Crippen LogP contribution in [0.5, 0.6) is 0 Å². The van der Waals surface area contributed by atoms with E-state index >= 15 is 0 Å². The van der Waals surface area contributed by atoms with Crippen molar-refractivity contribution in [1.29, 1.82) is 0 Å². The van der Waals surface area contributed by atoms with Crippen molar-refractivity contribution in [1.82, 2.24) is 4.72 Å². The predicted octanol–water partition coefficient (Wildman–Crippen LogP) is 2.07. The highest BCUT2D eigenvalue weighted by Crippen LogP contribution is 2.16. The molecule has 1 aromatic rings. The summed E-state index contributed by atoms with van der Waals surface area (Å²) in [5, 5.41) is 0.615. The third-order valence-electron chi connectivity index (χ3n) is 2.45. The lowest BCUT2D eigenvalue weighted by atomic mass is 10.4. The Morgan fingerprint density at radius 3 is 2.16 bits per heavy atom. The number of nitrogens with one attached hydrogen (secondary N) is 1. The lowest BCUT2D eigenvalue weighted by Crippen LogP contribution is -2.44. The summed E-state index contributed by atoms with van der Waals surface area (Å²) in [6.07, 6.45) is -4.57. The summed E-state index contributed by atoms with van der Waals surface area (Å²) < 4.78 is 61.9. The molecular weight excluding hydrogens is 295 g/mol. The van der Waals surface area contributed by atoms with Gasteiger partial charge in [0.2, 0.25) is 10.0 Å². The average Bonchev–Trinajstić information content (AvgIpc) is 2.25. The van der Waals surface area contributed by atoms with Gasteiger partial charge in [-0.3, -0.25) is 0 Å². The number of rotatable bonds is 4. The number of sulfonamides is 1. The van der Waals surface area contributed by atoms with E-state index in [0.717, 1.165) is 0 Å². The van der Waals surface area contributed by atoms with Crippen molar-refractivity contribution in [2.24, 2.45) is 0 Å². The van der Waals surface area contributed by atoms with Crippen molar-refractivity contribution in [3.8, 4) is 0 Å². The third kappa shape index (κ3) is 4.63.